The van der Waals surface area contributed by atoms with Gasteiger partial charge in [-0.2, -0.15) is 0 Å². The number of methoxy groups -OCH3 is 1. The topological polar surface area (TPSA) is 98.5 Å². The van der Waals surface area contributed by atoms with Crippen LogP contribution in [0.3, 0.4) is 0 Å². The van der Waals surface area contributed by atoms with Crippen LogP contribution in [0.15, 0.2) is 24.3 Å². The van der Waals surface area contributed by atoms with Crippen LogP contribution >= 0.6 is 11.8 Å². The average molecular weight is 268 g/mol. The van der Waals surface area contributed by atoms with Crippen LogP contribution in [0.1, 0.15) is 10.4 Å². The summed E-state index contributed by atoms with van der Waals surface area (Å²) in [4.78, 5) is 33.4. The van der Waals surface area contributed by atoms with Crippen molar-refractivity contribution in [3.05, 3.63) is 29.8 Å². The summed E-state index contributed by atoms with van der Waals surface area (Å²) in [5.74, 6) is -1.08. The minimum atomic E-state index is -0.633. The van der Waals surface area contributed by atoms with Crippen molar-refractivity contribution < 1.29 is 19.1 Å². The van der Waals surface area contributed by atoms with Crippen molar-refractivity contribution in [2.24, 2.45) is 5.73 Å². The van der Waals surface area contributed by atoms with Gasteiger partial charge >= 0.3 is 5.97 Å². The lowest BCUT2D eigenvalue weighted by molar-refractivity contribution is -0.113. The lowest BCUT2D eigenvalue weighted by Gasteiger charge is -2.08. The van der Waals surface area contributed by atoms with E-state index < -0.39 is 17.1 Å². The van der Waals surface area contributed by atoms with E-state index in [0.29, 0.717) is 17.4 Å². The number of carbonyl (C=O) groups excluding carboxylic acids is 3. The first-order chi connectivity index (χ1) is 8.54. The molecule has 0 heterocycles. The Morgan fingerprint density at radius 2 is 2.00 bits per heavy atom. The second-order valence-corrected chi connectivity index (χ2v) is 4.17. The zero-order valence-corrected chi connectivity index (χ0v) is 10.5. The van der Waals surface area contributed by atoms with Crippen LogP contribution in [-0.4, -0.2) is 30.0 Å². The summed E-state index contributed by atoms with van der Waals surface area (Å²) >= 11 is 0.689. The number of para-hydroxylation sites is 1. The molecule has 0 aliphatic carbocycles. The van der Waals surface area contributed by atoms with Crippen molar-refractivity contribution in [3.63, 3.8) is 0 Å². The first-order valence-corrected chi connectivity index (χ1v) is 5.92. The third-order valence-electron chi connectivity index (χ3n) is 1.95. The fraction of sp³-hybridized carbons (Fsp3) is 0.182. The lowest BCUT2D eigenvalue weighted by Crippen LogP contribution is -2.18. The normalized spacial score (nSPS) is 9.61. The first-order valence-electron chi connectivity index (χ1n) is 4.94. The standard InChI is InChI=1S/C11H12N2O4S/c1-17-10(15)7-4-2-3-5-8(7)13-9(14)6-18-11(12)16/h2-5H,6H2,1H3,(H2,12,16)(H,13,14). The number of ether oxygens (including phenoxy) is 1. The lowest BCUT2D eigenvalue weighted by atomic mass is 10.2. The van der Waals surface area contributed by atoms with Gasteiger partial charge in [-0.05, 0) is 12.1 Å². The third-order valence-corrected chi connectivity index (χ3v) is 2.64. The van der Waals surface area contributed by atoms with Crippen molar-refractivity contribution in [2.75, 3.05) is 18.2 Å². The maximum Gasteiger partial charge on any atom is 0.339 e. The highest BCUT2D eigenvalue weighted by molar-refractivity contribution is 8.14. The fourth-order valence-corrected chi connectivity index (χ4v) is 1.55. The van der Waals surface area contributed by atoms with Crippen LogP contribution in [0.2, 0.25) is 0 Å². The predicted octanol–water partition coefficient (Wildman–Crippen LogP) is 1.22. The summed E-state index contributed by atoms with van der Waals surface area (Å²) in [7, 11) is 1.25. The molecule has 96 valence electrons. The molecule has 1 rings (SSSR count). The van der Waals surface area contributed by atoms with Crippen LogP contribution in [0, 0.1) is 0 Å². The number of nitrogens with two attached hydrogens (primary N) is 1. The van der Waals surface area contributed by atoms with Gasteiger partial charge in [0.05, 0.1) is 24.1 Å². The van der Waals surface area contributed by atoms with Gasteiger partial charge in [0.2, 0.25) is 5.91 Å². The number of amides is 2. The molecule has 0 saturated carbocycles. The van der Waals surface area contributed by atoms with Gasteiger partial charge in [-0.1, -0.05) is 23.9 Å². The molecule has 6 nitrogen and oxygen atoms in total. The molecule has 1 aromatic carbocycles. The number of primary amides is 1. The number of esters is 1. The van der Waals surface area contributed by atoms with Gasteiger partial charge in [0.15, 0.2) is 0 Å². The Hall–Kier alpha value is -2.02. The smallest absolute Gasteiger partial charge is 0.339 e. The van der Waals surface area contributed by atoms with Gasteiger partial charge in [-0.25, -0.2) is 4.79 Å². The van der Waals surface area contributed by atoms with E-state index in [-0.39, 0.29) is 11.3 Å². The van der Waals surface area contributed by atoms with E-state index in [1.807, 2.05) is 0 Å². The van der Waals surface area contributed by atoms with E-state index in [4.69, 9.17) is 5.73 Å². The summed E-state index contributed by atoms with van der Waals surface area (Å²) in [6.45, 7) is 0. The molecular weight excluding hydrogens is 256 g/mol. The summed E-state index contributed by atoms with van der Waals surface area (Å²) in [5.41, 5.74) is 5.48. The van der Waals surface area contributed by atoms with Crippen LogP contribution in [0.25, 0.3) is 0 Å². The van der Waals surface area contributed by atoms with Gasteiger partial charge in [-0.15, -0.1) is 0 Å². The summed E-state index contributed by atoms with van der Waals surface area (Å²) in [6.07, 6.45) is 0. The summed E-state index contributed by atoms with van der Waals surface area (Å²) in [6, 6.07) is 6.42. The molecule has 0 aliphatic heterocycles. The van der Waals surface area contributed by atoms with Crippen molar-refractivity contribution in [1.82, 2.24) is 0 Å². The molecule has 2 amide bonds. The Kier molecular flexibility index (Phi) is 5.19. The quantitative estimate of drug-likeness (QED) is 0.800. The Balaban J connectivity index is 2.75. The van der Waals surface area contributed by atoms with Gasteiger partial charge in [0.1, 0.15) is 0 Å². The fourth-order valence-electron chi connectivity index (χ4n) is 1.20. The number of benzene rings is 1. The van der Waals surface area contributed by atoms with E-state index in [2.05, 4.69) is 10.1 Å². The number of nitrogens with one attached hydrogen (secondary N) is 1. The SMILES string of the molecule is COC(=O)c1ccccc1NC(=O)CSC(N)=O. The van der Waals surface area contributed by atoms with Crippen LogP contribution < -0.4 is 11.1 Å². The Morgan fingerprint density at radius 1 is 1.33 bits per heavy atom. The number of hydrogen-bond acceptors (Lipinski definition) is 5. The maximum atomic E-state index is 11.5. The summed E-state index contributed by atoms with van der Waals surface area (Å²) in [5, 5.41) is 1.88. The molecular formula is C11H12N2O4S. The zero-order chi connectivity index (χ0) is 13.5. The Labute approximate surface area is 108 Å². The molecule has 0 fully saturated rings. The Morgan fingerprint density at radius 3 is 2.61 bits per heavy atom. The maximum absolute atomic E-state index is 11.5. The van der Waals surface area contributed by atoms with E-state index >= 15 is 0 Å². The predicted molar refractivity (Wildman–Crippen MR) is 68.5 cm³/mol. The molecule has 0 bridgehead atoms. The monoisotopic (exact) mass is 268 g/mol. The van der Waals surface area contributed by atoms with Crippen LogP contribution in [0.4, 0.5) is 10.5 Å². The number of rotatable bonds is 4. The van der Waals surface area contributed by atoms with Crippen molar-refractivity contribution in [3.8, 4) is 0 Å². The zero-order valence-electron chi connectivity index (χ0n) is 9.64. The number of hydrogen-bond donors (Lipinski definition) is 2. The molecule has 1 aromatic rings. The molecule has 3 N–H and O–H groups in total. The largest absolute Gasteiger partial charge is 0.465 e. The van der Waals surface area contributed by atoms with Crippen molar-refractivity contribution in [1.29, 1.82) is 0 Å². The average Bonchev–Trinajstić information content (AvgIpc) is 2.36. The van der Waals surface area contributed by atoms with E-state index in [0.717, 1.165) is 0 Å². The van der Waals surface area contributed by atoms with E-state index in [9.17, 15) is 14.4 Å². The number of carbonyl (C=O) groups is 3. The van der Waals surface area contributed by atoms with Gasteiger partial charge in [0.25, 0.3) is 5.24 Å². The van der Waals surface area contributed by atoms with Crippen LogP contribution in [-0.2, 0) is 9.53 Å². The number of thioether (sulfide) groups is 1. The van der Waals surface area contributed by atoms with E-state index in [1.165, 1.54) is 13.2 Å². The van der Waals surface area contributed by atoms with E-state index in [1.54, 1.807) is 18.2 Å². The highest BCUT2D eigenvalue weighted by Gasteiger charge is 2.13. The molecule has 0 aliphatic rings. The molecule has 18 heavy (non-hydrogen) atoms. The second kappa shape index (κ2) is 6.65. The van der Waals surface area contributed by atoms with Crippen LogP contribution in [0.5, 0.6) is 0 Å². The molecule has 0 aromatic heterocycles. The van der Waals surface area contributed by atoms with Crippen molar-refractivity contribution >= 4 is 34.6 Å². The highest BCUT2D eigenvalue weighted by Crippen LogP contribution is 2.16. The minimum Gasteiger partial charge on any atom is -0.465 e. The van der Waals surface area contributed by atoms with Gasteiger partial charge < -0.3 is 15.8 Å². The summed E-state index contributed by atoms with van der Waals surface area (Å²) < 4.78 is 4.59. The number of anilines is 1. The molecule has 0 atom stereocenters. The van der Waals surface area contributed by atoms with Crippen molar-refractivity contribution in [2.45, 2.75) is 0 Å². The highest BCUT2D eigenvalue weighted by atomic mass is 32.2. The van der Waals surface area contributed by atoms with Gasteiger partial charge in [0, 0.05) is 0 Å². The molecule has 0 radical (unpaired) electrons. The molecule has 0 unspecified atom stereocenters. The van der Waals surface area contributed by atoms with Gasteiger partial charge in [-0.3, -0.25) is 9.59 Å². The molecule has 7 heteroatoms. The molecule has 0 saturated heterocycles. The molecule has 0 spiro atoms. The first kappa shape index (κ1) is 14.0. The Bertz CT molecular complexity index is 476. The minimum absolute atomic E-state index is 0.106. The third kappa shape index (κ3) is 4.10. The second-order valence-electron chi connectivity index (χ2n) is 3.19.